The molecule has 0 spiro atoms. The van der Waals surface area contributed by atoms with Crippen molar-refractivity contribution in [2.45, 2.75) is 50.7 Å². The van der Waals surface area contributed by atoms with Gasteiger partial charge in [0.2, 0.25) is 11.8 Å². The van der Waals surface area contributed by atoms with E-state index < -0.39 is 0 Å². The predicted molar refractivity (Wildman–Crippen MR) is 105 cm³/mol. The monoisotopic (exact) mass is 386 g/mol. The first kappa shape index (κ1) is 19.2. The molecule has 2 amide bonds. The maximum absolute atomic E-state index is 13.1. The van der Waals surface area contributed by atoms with Crippen LogP contribution in [0.5, 0.6) is 5.75 Å². The summed E-state index contributed by atoms with van der Waals surface area (Å²) in [5.74, 6) is 1.18. The summed E-state index contributed by atoms with van der Waals surface area (Å²) in [6.07, 6.45) is 5.09. The van der Waals surface area contributed by atoms with Crippen LogP contribution in [-0.2, 0) is 20.7 Å². The lowest BCUT2D eigenvalue weighted by molar-refractivity contribution is -0.155. The number of carbonyl (C=O) groups excluding carboxylic acids is 2. The summed E-state index contributed by atoms with van der Waals surface area (Å²) in [5.41, 5.74) is 0.952. The Labute approximate surface area is 166 Å². The van der Waals surface area contributed by atoms with E-state index in [9.17, 15) is 9.59 Å². The van der Waals surface area contributed by atoms with Gasteiger partial charge in [-0.1, -0.05) is 12.1 Å². The standard InChI is InChI=1S/C22H30N2O4/c1-27-18-6-4-5-16(13-18)14-21(25)24-11-12-28-20-8-7-17(15-19(20)24)22(26)23-9-2-3-10-23/h4-6,13,17,19-20H,2-3,7-12,14-15H2,1H3/t17-,19+,20+/m0/s1. The van der Waals surface area contributed by atoms with Crippen LogP contribution in [-0.4, -0.2) is 67.1 Å². The van der Waals surface area contributed by atoms with Crippen molar-refractivity contribution in [3.63, 3.8) is 0 Å². The lowest BCUT2D eigenvalue weighted by Crippen LogP contribution is -2.57. The molecule has 0 unspecified atom stereocenters. The number of nitrogens with zero attached hydrogens (tertiary/aromatic N) is 2. The number of likely N-dealkylation sites (tertiary alicyclic amines) is 1. The van der Waals surface area contributed by atoms with Crippen molar-refractivity contribution >= 4 is 11.8 Å². The maximum Gasteiger partial charge on any atom is 0.227 e. The number of benzene rings is 1. The van der Waals surface area contributed by atoms with Gasteiger partial charge >= 0.3 is 0 Å². The normalized spacial score (nSPS) is 27.4. The Bertz CT molecular complexity index is 716. The zero-order valence-corrected chi connectivity index (χ0v) is 16.6. The summed E-state index contributed by atoms with van der Waals surface area (Å²) in [5, 5.41) is 0. The molecular formula is C22H30N2O4. The molecule has 1 aromatic rings. The molecule has 28 heavy (non-hydrogen) atoms. The number of carbonyl (C=O) groups is 2. The third kappa shape index (κ3) is 4.02. The van der Waals surface area contributed by atoms with E-state index in [4.69, 9.17) is 9.47 Å². The van der Waals surface area contributed by atoms with Crippen molar-refractivity contribution in [2.75, 3.05) is 33.4 Å². The van der Waals surface area contributed by atoms with Crippen molar-refractivity contribution in [1.82, 2.24) is 9.80 Å². The average Bonchev–Trinajstić information content (AvgIpc) is 3.27. The van der Waals surface area contributed by atoms with Crippen molar-refractivity contribution in [1.29, 1.82) is 0 Å². The fraction of sp³-hybridized carbons (Fsp3) is 0.636. The van der Waals surface area contributed by atoms with Gasteiger partial charge in [0.15, 0.2) is 0 Å². The zero-order valence-electron chi connectivity index (χ0n) is 16.6. The van der Waals surface area contributed by atoms with Gasteiger partial charge in [-0.25, -0.2) is 0 Å². The fourth-order valence-corrected chi connectivity index (χ4v) is 4.90. The largest absolute Gasteiger partial charge is 0.497 e. The fourth-order valence-electron chi connectivity index (χ4n) is 4.90. The van der Waals surface area contributed by atoms with E-state index in [-0.39, 0.29) is 29.9 Å². The Kier molecular flexibility index (Phi) is 5.85. The second-order valence-electron chi connectivity index (χ2n) is 8.13. The van der Waals surface area contributed by atoms with E-state index in [2.05, 4.69) is 0 Å². The van der Waals surface area contributed by atoms with Crippen molar-refractivity contribution in [3.05, 3.63) is 29.8 Å². The summed E-state index contributed by atoms with van der Waals surface area (Å²) in [4.78, 5) is 30.0. The summed E-state index contributed by atoms with van der Waals surface area (Å²) in [7, 11) is 1.63. The summed E-state index contributed by atoms with van der Waals surface area (Å²) < 4.78 is 11.2. The maximum atomic E-state index is 13.1. The van der Waals surface area contributed by atoms with E-state index in [0.717, 1.165) is 56.5 Å². The molecule has 3 atom stereocenters. The summed E-state index contributed by atoms with van der Waals surface area (Å²) in [6, 6.07) is 7.68. The summed E-state index contributed by atoms with van der Waals surface area (Å²) in [6.45, 7) is 2.96. The number of rotatable bonds is 4. The molecular weight excluding hydrogens is 356 g/mol. The molecule has 1 aliphatic carbocycles. The summed E-state index contributed by atoms with van der Waals surface area (Å²) >= 11 is 0. The van der Waals surface area contributed by atoms with Crippen LogP contribution in [0.4, 0.5) is 0 Å². The van der Waals surface area contributed by atoms with Gasteiger partial charge in [0, 0.05) is 25.6 Å². The Morgan fingerprint density at radius 2 is 2.00 bits per heavy atom. The third-order valence-electron chi connectivity index (χ3n) is 6.40. The zero-order chi connectivity index (χ0) is 19.5. The Morgan fingerprint density at radius 1 is 1.18 bits per heavy atom. The molecule has 0 bridgehead atoms. The first-order chi connectivity index (χ1) is 13.7. The molecule has 2 heterocycles. The predicted octanol–water partition coefficient (Wildman–Crippen LogP) is 2.26. The number of hydrogen-bond acceptors (Lipinski definition) is 4. The molecule has 1 aromatic carbocycles. The number of ether oxygens (including phenoxy) is 2. The highest BCUT2D eigenvalue weighted by molar-refractivity contribution is 5.81. The lowest BCUT2D eigenvalue weighted by atomic mass is 9.81. The highest BCUT2D eigenvalue weighted by Crippen LogP contribution is 2.34. The topological polar surface area (TPSA) is 59.1 Å². The van der Waals surface area contributed by atoms with Gasteiger partial charge < -0.3 is 19.3 Å². The number of hydrogen-bond donors (Lipinski definition) is 0. The van der Waals surface area contributed by atoms with Crippen LogP contribution in [0, 0.1) is 5.92 Å². The molecule has 152 valence electrons. The highest BCUT2D eigenvalue weighted by atomic mass is 16.5. The van der Waals surface area contributed by atoms with Gasteiger partial charge in [0.25, 0.3) is 0 Å². The molecule has 0 radical (unpaired) electrons. The first-order valence-corrected chi connectivity index (χ1v) is 10.5. The Balaban J connectivity index is 1.44. The quantitative estimate of drug-likeness (QED) is 0.796. The average molecular weight is 386 g/mol. The minimum Gasteiger partial charge on any atom is -0.497 e. The van der Waals surface area contributed by atoms with Gasteiger partial charge in [-0.05, 0) is 49.8 Å². The van der Waals surface area contributed by atoms with Crippen LogP contribution < -0.4 is 4.74 Å². The van der Waals surface area contributed by atoms with Crippen LogP contribution in [0.2, 0.25) is 0 Å². The van der Waals surface area contributed by atoms with Crippen LogP contribution in [0.25, 0.3) is 0 Å². The lowest BCUT2D eigenvalue weighted by Gasteiger charge is -2.46. The minimum atomic E-state index is 0.0113. The minimum absolute atomic E-state index is 0.0113. The van der Waals surface area contributed by atoms with E-state index in [1.54, 1.807) is 7.11 Å². The molecule has 3 aliphatic rings. The molecule has 4 rings (SSSR count). The second-order valence-corrected chi connectivity index (χ2v) is 8.13. The van der Waals surface area contributed by atoms with Gasteiger partial charge in [-0.2, -0.15) is 0 Å². The number of methoxy groups -OCH3 is 1. The molecule has 1 saturated carbocycles. The highest BCUT2D eigenvalue weighted by Gasteiger charge is 2.42. The van der Waals surface area contributed by atoms with Crippen molar-refractivity contribution < 1.29 is 19.1 Å². The van der Waals surface area contributed by atoms with Crippen LogP contribution in [0.3, 0.4) is 0 Å². The van der Waals surface area contributed by atoms with E-state index >= 15 is 0 Å². The first-order valence-electron chi connectivity index (χ1n) is 10.5. The van der Waals surface area contributed by atoms with Gasteiger partial charge in [0.1, 0.15) is 5.75 Å². The van der Waals surface area contributed by atoms with Gasteiger partial charge in [-0.15, -0.1) is 0 Å². The molecule has 2 aliphatic heterocycles. The second kappa shape index (κ2) is 8.52. The van der Waals surface area contributed by atoms with Crippen LogP contribution in [0.15, 0.2) is 24.3 Å². The molecule has 2 saturated heterocycles. The van der Waals surface area contributed by atoms with E-state index in [0.29, 0.717) is 19.6 Å². The smallest absolute Gasteiger partial charge is 0.227 e. The SMILES string of the molecule is COc1cccc(CC(=O)N2CCO[C@@H]3CC[C@H](C(=O)N4CCCC4)C[C@H]32)c1. The van der Waals surface area contributed by atoms with Crippen molar-refractivity contribution in [3.8, 4) is 5.75 Å². The molecule has 3 fully saturated rings. The van der Waals surface area contributed by atoms with Crippen LogP contribution in [0.1, 0.15) is 37.7 Å². The third-order valence-corrected chi connectivity index (χ3v) is 6.40. The van der Waals surface area contributed by atoms with Crippen LogP contribution >= 0.6 is 0 Å². The molecule has 6 nitrogen and oxygen atoms in total. The molecule has 0 aromatic heterocycles. The molecule has 0 N–H and O–H groups in total. The molecule has 6 heteroatoms. The Hall–Kier alpha value is -2.08. The van der Waals surface area contributed by atoms with Crippen molar-refractivity contribution in [2.24, 2.45) is 5.92 Å². The number of amides is 2. The van der Waals surface area contributed by atoms with E-state index in [1.807, 2.05) is 34.1 Å². The number of morpholine rings is 1. The number of fused-ring (bicyclic) bond motifs is 1. The van der Waals surface area contributed by atoms with E-state index in [1.165, 1.54) is 0 Å². The van der Waals surface area contributed by atoms with Gasteiger partial charge in [-0.3, -0.25) is 9.59 Å². The van der Waals surface area contributed by atoms with Gasteiger partial charge in [0.05, 0.1) is 32.3 Å². The Morgan fingerprint density at radius 3 is 2.79 bits per heavy atom.